The quantitative estimate of drug-likeness (QED) is 0.846. The highest BCUT2D eigenvalue weighted by Crippen LogP contribution is 2.35. The van der Waals surface area contributed by atoms with Crippen molar-refractivity contribution in [2.75, 3.05) is 6.61 Å². The van der Waals surface area contributed by atoms with Crippen molar-refractivity contribution in [1.82, 2.24) is 5.32 Å². The van der Waals surface area contributed by atoms with E-state index in [-0.39, 0.29) is 24.4 Å². The largest absolute Gasteiger partial charge is 0.396 e. The van der Waals surface area contributed by atoms with Crippen LogP contribution in [0.5, 0.6) is 0 Å². The Morgan fingerprint density at radius 3 is 2.70 bits per heavy atom. The second-order valence-electron chi connectivity index (χ2n) is 6.02. The highest BCUT2D eigenvalue weighted by Gasteiger charge is 2.32. The molecule has 2 N–H and O–H groups in total. The van der Waals surface area contributed by atoms with Gasteiger partial charge in [-0.3, -0.25) is 4.79 Å². The molecule has 1 heterocycles. The molecule has 1 fully saturated rings. The van der Waals surface area contributed by atoms with Gasteiger partial charge in [0.1, 0.15) is 5.82 Å². The van der Waals surface area contributed by atoms with Crippen LogP contribution in [0.25, 0.3) is 11.1 Å². The van der Waals surface area contributed by atoms with Crippen LogP contribution in [0.3, 0.4) is 0 Å². The summed E-state index contributed by atoms with van der Waals surface area (Å²) in [7, 11) is 0. The van der Waals surface area contributed by atoms with Crippen LogP contribution in [-0.4, -0.2) is 23.7 Å². The van der Waals surface area contributed by atoms with Crippen molar-refractivity contribution in [2.24, 2.45) is 5.92 Å². The van der Waals surface area contributed by atoms with Gasteiger partial charge in [0.15, 0.2) is 0 Å². The van der Waals surface area contributed by atoms with Crippen LogP contribution < -0.4 is 5.32 Å². The SMILES string of the molecule is Cc1sc(C(=O)NC(CCO)C2CC2)cc1-c1ccc(F)cc1. The molecule has 0 saturated heterocycles. The van der Waals surface area contributed by atoms with Crippen LogP contribution in [0, 0.1) is 18.7 Å². The van der Waals surface area contributed by atoms with E-state index in [2.05, 4.69) is 5.32 Å². The second-order valence-corrected chi connectivity index (χ2v) is 7.27. The lowest BCUT2D eigenvalue weighted by Crippen LogP contribution is -2.36. The summed E-state index contributed by atoms with van der Waals surface area (Å²) in [4.78, 5) is 14.2. The number of benzene rings is 1. The summed E-state index contributed by atoms with van der Waals surface area (Å²) in [5.74, 6) is 0.149. The molecule has 1 aliphatic rings. The molecule has 3 nitrogen and oxygen atoms in total. The fraction of sp³-hybridized carbons (Fsp3) is 0.389. The Balaban J connectivity index is 1.76. The molecule has 23 heavy (non-hydrogen) atoms. The van der Waals surface area contributed by atoms with Crippen LogP contribution in [0.4, 0.5) is 4.39 Å². The number of aliphatic hydroxyl groups excluding tert-OH is 1. The summed E-state index contributed by atoms with van der Waals surface area (Å²) in [6, 6.07) is 8.23. The Labute approximate surface area is 139 Å². The van der Waals surface area contributed by atoms with Crippen LogP contribution in [0.2, 0.25) is 0 Å². The number of nitrogens with one attached hydrogen (secondary N) is 1. The molecule has 1 aromatic carbocycles. The normalized spacial score (nSPS) is 15.4. The molecule has 1 atom stereocenters. The third-order valence-electron chi connectivity index (χ3n) is 4.24. The molecule has 5 heteroatoms. The van der Waals surface area contributed by atoms with Crippen molar-refractivity contribution >= 4 is 17.2 Å². The number of carbonyl (C=O) groups excluding carboxylic acids is 1. The van der Waals surface area contributed by atoms with Crippen LogP contribution in [-0.2, 0) is 0 Å². The lowest BCUT2D eigenvalue weighted by atomic mass is 10.1. The highest BCUT2D eigenvalue weighted by molar-refractivity contribution is 7.14. The van der Waals surface area contributed by atoms with E-state index in [0.717, 1.165) is 28.8 Å². The number of aliphatic hydroxyl groups is 1. The van der Waals surface area contributed by atoms with Gasteiger partial charge < -0.3 is 10.4 Å². The molecule has 122 valence electrons. The number of carbonyl (C=O) groups is 1. The topological polar surface area (TPSA) is 49.3 Å². The summed E-state index contributed by atoms with van der Waals surface area (Å²) < 4.78 is 13.1. The summed E-state index contributed by atoms with van der Waals surface area (Å²) in [5.41, 5.74) is 1.87. The maximum atomic E-state index is 13.1. The molecule has 1 unspecified atom stereocenters. The van der Waals surface area contributed by atoms with Crippen molar-refractivity contribution < 1.29 is 14.3 Å². The first-order chi connectivity index (χ1) is 11.1. The van der Waals surface area contributed by atoms with E-state index >= 15 is 0 Å². The third-order valence-corrected chi connectivity index (χ3v) is 5.29. The molecule has 0 bridgehead atoms. The Morgan fingerprint density at radius 1 is 1.39 bits per heavy atom. The minimum absolute atomic E-state index is 0.0594. The van der Waals surface area contributed by atoms with Gasteiger partial charge >= 0.3 is 0 Å². The van der Waals surface area contributed by atoms with Gasteiger partial charge in [-0.25, -0.2) is 4.39 Å². The Bertz CT molecular complexity index is 692. The highest BCUT2D eigenvalue weighted by atomic mass is 32.1. The number of aryl methyl sites for hydroxylation is 1. The fourth-order valence-electron chi connectivity index (χ4n) is 2.81. The smallest absolute Gasteiger partial charge is 0.261 e. The van der Waals surface area contributed by atoms with E-state index < -0.39 is 0 Å². The van der Waals surface area contributed by atoms with Crippen LogP contribution >= 0.6 is 11.3 Å². The number of amides is 1. The molecule has 1 amide bonds. The molecule has 0 spiro atoms. The van der Waals surface area contributed by atoms with Gasteiger partial charge in [0.2, 0.25) is 0 Å². The van der Waals surface area contributed by atoms with Gasteiger partial charge in [0.05, 0.1) is 4.88 Å². The maximum Gasteiger partial charge on any atom is 0.261 e. The van der Waals surface area contributed by atoms with Crippen LogP contribution in [0.1, 0.15) is 33.8 Å². The molecule has 1 aliphatic carbocycles. The van der Waals surface area contributed by atoms with Crippen molar-refractivity contribution in [3.05, 3.63) is 45.9 Å². The minimum atomic E-state index is -0.268. The number of hydrogen-bond donors (Lipinski definition) is 2. The minimum Gasteiger partial charge on any atom is -0.396 e. The predicted octanol–water partition coefficient (Wildman–Crippen LogP) is 3.75. The van der Waals surface area contributed by atoms with E-state index in [9.17, 15) is 9.18 Å². The molecule has 0 radical (unpaired) electrons. The molecule has 0 aliphatic heterocycles. The summed E-state index contributed by atoms with van der Waals surface area (Å²) in [6.45, 7) is 2.05. The summed E-state index contributed by atoms with van der Waals surface area (Å²) in [5, 5.41) is 12.2. The van der Waals surface area contributed by atoms with E-state index in [4.69, 9.17) is 5.11 Å². The molecule has 3 rings (SSSR count). The number of rotatable bonds is 6. The number of halogens is 1. The first-order valence-corrected chi connectivity index (χ1v) is 8.68. The molecule has 1 aromatic heterocycles. The maximum absolute atomic E-state index is 13.1. The van der Waals surface area contributed by atoms with Gasteiger partial charge in [-0.05, 0) is 61.4 Å². The molecular formula is C18H20FNO2S. The van der Waals surface area contributed by atoms with E-state index in [1.807, 2.05) is 13.0 Å². The average molecular weight is 333 g/mol. The standard InChI is InChI=1S/C18H20FNO2S/c1-11-15(12-4-6-14(19)7-5-12)10-17(23-11)18(22)20-16(8-9-21)13-2-3-13/h4-7,10,13,16,21H,2-3,8-9H2,1H3,(H,20,22). The first kappa shape index (κ1) is 16.1. The molecule has 2 aromatic rings. The Kier molecular flexibility index (Phi) is 4.78. The van der Waals surface area contributed by atoms with Gasteiger partial charge in [-0.1, -0.05) is 12.1 Å². The van der Waals surface area contributed by atoms with Crippen molar-refractivity contribution in [3.63, 3.8) is 0 Å². The third kappa shape index (κ3) is 3.79. The zero-order valence-corrected chi connectivity index (χ0v) is 13.8. The lowest BCUT2D eigenvalue weighted by molar-refractivity contribution is 0.0928. The zero-order chi connectivity index (χ0) is 16.4. The Hall–Kier alpha value is -1.72. The predicted molar refractivity (Wildman–Crippen MR) is 90.1 cm³/mol. The van der Waals surface area contributed by atoms with Crippen molar-refractivity contribution in [3.8, 4) is 11.1 Å². The number of hydrogen-bond acceptors (Lipinski definition) is 3. The van der Waals surface area contributed by atoms with E-state index in [1.165, 1.54) is 23.5 Å². The van der Waals surface area contributed by atoms with Gasteiger partial charge in [0.25, 0.3) is 5.91 Å². The van der Waals surface area contributed by atoms with Gasteiger partial charge in [-0.2, -0.15) is 0 Å². The summed E-state index contributed by atoms with van der Waals surface area (Å²) in [6.07, 6.45) is 2.84. The van der Waals surface area contributed by atoms with Crippen molar-refractivity contribution in [2.45, 2.75) is 32.2 Å². The van der Waals surface area contributed by atoms with E-state index in [1.54, 1.807) is 12.1 Å². The van der Waals surface area contributed by atoms with Crippen molar-refractivity contribution in [1.29, 1.82) is 0 Å². The van der Waals surface area contributed by atoms with E-state index in [0.29, 0.717) is 17.2 Å². The zero-order valence-electron chi connectivity index (χ0n) is 13.0. The van der Waals surface area contributed by atoms with Crippen LogP contribution in [0.15, 0.2) is 30.3 Å². The summed E-state index contributed by atoms with van der Waals surface area (Å²) >= 11 is 1.45. The Morgan fingerprint density at radius 2 is 2.09 bits per heavy atom. The lowest BCUT2D eigenvalue weighted by Gasteiger charge is -2.16. The first-order valence-electron chi connectivity index (χ1n) is 7.86. The molecule has 1 saturated carbocycles. The van der Waals surface area contributed by atoms with Gasteiger partial charge in [0, 0.05) is 17.5 Å². The number of thiophene rings is 1. The van der Waals surface area contributed by atoms with Gasteiger partial charge in [-0.15, -0.1) is 11.3 Å². The average Bonchev–Trinajstić information content (AvgIpc) is 3.30. The second kappa shape index (κ2) is 6.81. The fourth-order valence-corrected chi connectivity index (χ4v) is 3.76. The monoisotopic (exact) mass is 333 g/mol. The molecular weight excluding hydrogens is 313 g/mol.